The Labute approximate surface area is 95.8 Å². The summed E-state index contributed by atoms with van der Waals surface area (Å²) < 4.78 is 11.5. The molecule has 1 spiro atoms. The zero-order valence-electron chi connectivity index (χ0n) is 9.86. The highest BCUT2D eigenvalue weighted by Gasteiger charge is 2.56. The number of fused-ring (bicyclic) bond motifs is 1. The molecule has 0 aromatic heterocycles. The molecule has 0 radical (unpaired) electrons. The molecule has 3 rings (SSSR count). The third kappa shape index (κ3) is 1.25. The first kappa shape index (κ1) is 10.5. The van der Waals surface area contributed by atoms with Crippen molar-refractivity contribution in [1.82, 2.24) is 0 Å². The molecule has 2 aliphatic carbocycles. The van der Waals surface area contributed by atoms with Crippen molar-refractivity contribution < 1.29 is 14.3 Å². The van der Waals surface area contributed by atoms with Gasteiger partial charge in [0.15, 0.2) is 11.6 Å². The lowest BCUT2D eigenvalue weighted by atomic mass is 9.61. The fourth-order valence-electron chi connectivity index (χ4n) is 3.44. The second-order valence-corrected chi connectivity index (χ2v) is 5.57. The lowest BCUT2D eigenvalue weighted by Gasteiger charge is -2.47. The van der Waals surface area contributed by atoms with E-state index in [0.29, 0.717) is 19.1 Å². The molecular weight excluding hydrogens is 204 g/mol. The average molecular weight is 222 g/mol. The first-order valence-electron chi connectivity index (χ1n) is 6.07. The molecule has 2 fully saturated rings. The van der Waals surface area contributed by atoms with Crippen LogP contribution in [0.1, 0.15) is 26.7 Å². The first-order valence-corrected chi connectivity index (χ1v) is 6.07. The quantitative estimate of drug-likeness (QED) is 0.628. The van der Waals surface area contributed by atoms with E-state index < -0.39 is 5.79 Å². The predicted octanol–water partition coefficient (Wildman–Crippen LogP) is 1.92. The minimum atomic E-state index is -0.467. The molecule has 16 heavy (non-hydrogen) atoms. The second-order valence-electron chi connectivity index (χ2n) is 5.57. The van der Waals surface area contributed by atoms with Gasteiger partial charge >= 0.3 is 0 Å². The Morgan fingerprint density at radius 2 is 2.00 bits per heavy atom. The highest BCUT2D eigenvalue weighted by Crippen LogP contribution is 2.54. The van der Waals surface area contributed by atoms with E-state index in [9.17, 15) is 4.79 Å². The van der Waals surface area contributed by atoms with E-state index >= 15 is 0 Å². The van der Waals surface area contributed by atoms with Crippen LogP contribution in [0.15, 0.2) is 12.2 Å². The van der Waals surface area contributed by atoms with Crippen LogP contribution in [0, 0.1) is 17.3 Å². The highest BCUT2D eigenvalue weighted by atomic mass is 16.7. The summed E-state index contributed by atoms with van der Waals surface area (Å²) in [5.74, 6) is 0.250. The summed E-state index contributed by atoms with van der Waals surface area (Å²) in [6.45, 7) is 5.71. The minimum absolute atomic E-state index is 0.0116. The number of allylic oxidation sites excluding steroid dienone is 2. The van der Waals surface area contributed by atoms with Gasteiger partial charge in [-0.25, -0.2) is 0 Å². The second kappa shape index (κ2) is 3.17. The van der Waals surface area contributed by atoms with Crippen LogP contribution in [0.5, 0.6) is 0 Å². The molecule has 88 valence electrons. The molecule has 1 aliphatic heterocycles. The average Bonchev–Trinajstić information content (AvgIpc) is 2.79. The Morgan fingerprint density at radius 1 is 1.31 bits per heavy atom. The van der Waals surface area contributed by atoms with E-state index in [-0.39, 0.29) is 17.1 Å². The molecule has 3 aliphatic rings. The molecule has 0 N–H and O–H groups in total. The van der Waals surface area contributed by atoms with Crippen LogP contribution in [-0.4, -0.2) is 24.8 Å². The van der Waals surface area contributed by atoms with Gasteiger partial charge in [-0.3, -0.25) is 4.79 Å². The van der Waals surface area contributed by atoms with Crippen LogP contribution in [0.4, 0.5) is 0 Å². The number of hydrogen-bond donors (Lipinski definition) is 0. The van der Waals surface area contributed by atoms with Gasteiger partial charge in [0, 0.05) is 18.8 Å². The molecule has 0 aromatic carbocycles. The summed E-state index contributed by atoms with van der Waals surface area (Å²) in [5.41, 5.74) is 0.0116. The van der Waals surface area contributed by atoms with Crippen molar-refractivity contribution in [3.63, 3.8) is 0 Å². The van der Waals surface area contributed by atoms with Gasteiger partial charge in [-0.2, -0.15) is 0 Å². The Kier molecular flexibility index (Phi) is 2.08. The number of ether oxygens (including phenoxy) is 2. The van der Waals surface area contributed by atoms with Crippen molar-refractivity contribution in [3.05, 3.63) is 12.2 Å². The monoisotopic (exact) mass is 222 g/mol. The van der Waals surface area contributed by atoms with E-state index in [1.54, 1.807) is 6.08 Å². The molecule has 0 amide bonds. The number of ketones is 1. The van der Waals surface area contributed by atoms with Gasteiger partial charge in [0.05, 0.1) is 13.2 Å². The van der Waals surface area contributed by atoms with Gasteiger partial charge in [0.25, 0.3) is 0 Å². The zero-order chi connectivity index (χ0) is 11.4. The van der Waals surface area contributed by atoms with Crippen molar-refractivity contribution >= 4 is 5.78 Å². The maximum Gasteiger partial charge on any atom is 0.169 e. The number of carbonyl (C=O) groups excluding carboxylic acids is 1. The molecule has 3 heteroatoms. The van der Waals surface area contributed by atoms with Crippen LogP contribution in [0.3, 0.4) is 0 Å². The van der Waals surface area contributed by atoms with Crippen LogP contribution in [-0.2, 0) is 14.3 Å². The van der Waals surface area contributed by atoms with Crippen molar-refractivity contribution in [1.29, 1.82) is 0 Å². The summed E-state index contributed by atoms with van der Waals surface area (Å²) in [5, 5.41) is 0. The molecule has 0 bridgehead atoms. The van der Waals surface area contributed by atoms with Gasteiger partial charge in [0.1, 0.15) is 0 Å². The highest BCUT2D eigenvalue weighted by molar-refractivity contribution is 5.95. The van der Waals surface area contributed by atoms with Crippen LogP contribution in [0.25, 0.3) is 0 Å². The van der Waals surface area contributed by atoms with E-state index in [1.807, 2.05) is 0 Å². The Morgan fingerprint density at radius 3 is 2.69 bits per heavy atom. The predicted molar refractivity (Wildman–Crippen MR) is 58.8 cm³/mol. The molecule has 1 saturated heterocycles. The van der Waals surface area contributed by atoms with Crippen molar-refractivity contribution in [2.24, 2.45) is 17.3 Å². The van der Waals surface area contributed by atoms with Crippen molar-refractivity contribution in [3.8, 4) is 0 Å². The molecule has 1 unspecified atom stereocenters. The topological polar surface area (TPSA) is 35.5 Å². The number of rotatable bonds is 0. The molecule has 3 atom stereocenters. The van der Waals surface area contributed by atoms with Gasteiger partial charge in [-0.05, 0) is 17.4 Å². The summed E-state index contributed by atoms with van der Waals surface area (Å²) in [4.78, 5) is 11.9. The molecule has 1 heterocycles. The van der Waals surface area contributed by atoms with Crippen LogP contribution >= 0.6 is 0 Å². The van der Waals surface area contributed by atoms with Crippen molar-refractivity contribution in [2.45, 2.75) is 32.5 Å². The SMILES string of the molecule is C[C@@H]1CC2(CC3C(=O)C=C[C@]31C)OCCO2. The fourth-order valence-corrected chi connectivity index (χ4v) is 3.44. The smallest absolute Gasteiger partial charge is 0.169 e. The van der Waals surface area contributed by atoms with Gasteiger partial charge < -0.3 is 9.47 Å². The van der Waals surface area contributed by atoms with Crippen LogP contribution in [0.2, 0.25) is 0 Å². The Balaban J connectivity index is 1.93. The minimum Gasteiger partial charge on any atom is -0.347 e. The van der Waals surface area contributed by atoms with E-state index in [2.05, 4.69) is 19.9 Å². The normalized spacial score (nSPS) is 45.2. The van der Waals surface area contributed by atoms with E-state index in [0.717, 1.165) is 12.8 Å². The molecular formula is C13H18O3. The van der Waals surface area contributed by atoms with Crippen LogP contribution < -0.4 is 0 Å². The summed E-state index contributed by atoms with van der Waals surface area (Å²) in [6, 6.07) is 0. The third-order valence-electron chi connectivity index (χ3n) is 4.71. The maximum absolute atomic E-state index is 11.9. The molecule has 3 nitrogen and oxygen atoms in total. The molecule has 1 saturated carbocycles. The zero-order valence-corrected chi connectivity index (χ0v) is 9.86. The van der Waals surface area contributed by atoms with Crippen molar-refractivity contribution in [2.75, 3.05) is 13.2 Å². The summed E-state index contributed by atoms with van der Waals surface area (Å²) >= 11 is 0. The molecule has 0 aromatic rings. The largest absolute Gasteiger partial charge is 0.347 e. The lowest BCUT2D eigenvalue weighted by molar-refractivity contribution is -0.212. The number of hydrogen-bond acceptors (Lipinski definition) is 3. The standard InChI is InChI=1S/C13H18O3/c1-9-7-13(15-5-6-16-13)8-10-11(14)3-4-12(9,10)2/h3-4,9-10H,5-8H2,1-2H3/t9-,10?,12+/m1/s1. The van der Waals surface area contributed by atoms with Gasteiger partial charge in [-0.1, -0.05) is 19.9 Å². The Bertz CT molecular complexity index is 354. The first-order chi connectivity index (χ1) is 7.56. The van der Waals surface area contributed by atoms with Gasteiger partial charge in [0.2, 0.25) is 0 Å². The lowest BCUT2D eigenvalue weighted by Crippen LogP contribution is -2.49. The number of carbonyl (C=O) groups is 1. The third-order valence-corrected chi connectivity index (χ3v) is 4.71. The van der Waals surface area contributed by atoms with E-state index in [1.165, 1.54) is 0 Å². The van der Waals surface area contributed by atoms with E-state index in [4.69, 9.17) is 9.47 Å². The summed E-state index contributed by atoms with van der Waals surface area (Å²) in [7, 11) is 0. The summed E-state index contributed by atoms with van der Waals surface area (Å²) in [6.07, 6.45) is 5.46. The Hall–Kier alpha value is -0.670. The fraction of sp³-hybridized carbons (Fsp3) is 0.769. The maximum atomic E-state index is 11.9. The van der Waals surface area contributed by atoms with Gasteiger partial charge in [-0.15, -0.1) is 0 Å².